The molecule has 2 aromatic rings. The molecule has 0 aliphatic rings. The predicted molar refractivity (Wildman–Crippen MR) is 86.2 cm³/mol. The summed E-state index contributed by atoms with van der Waals surface area (Å²) >= 11 is 0. The van der Waals surface area contributed by atoms with Crippen LogP contribution in [0.1, 0.15) is 35.3 Å². The van der Waals surface area contributed by atoms with E-state index in [-0.39, 0.29) is 5.56 Å². The fourth-order valence-corrected chi connectivity index (χ4v) is 4.59. The van der Waals surface area contributed by atoms with E-state index in [1.54, 1.807) is 0 Å². The zero-order chi connectivity index (χ0) is 19.7. The number of alkyl halides is 2. The lowest BCUT2D eigenvalue weighted by Gasteiger charge is -2.22. The average Bonchev–Trinajstić information content (AvgIpc) is 2.54. The fraction of sp³-hybridized carbons (Fsp3) is 0.353. The van der Waals surface area contributed by atoms with Gasteiger partial charge in [0.05, 0.1) is 5.75 Å². The first-order valence-electron chi connectivity index (χ1n) is 7.57. The molecule has 2 rings (SSSR count). The predicted octanol–water partition coefficient (Wildman–Crippen LogP) is 4.36. The summed E-state index contributed by atoms with van der Waals surface area (Å²) in [5.74, 6) is -8.73. The summed E-state index contributed by atoms with van der Waals surface area (Å²) in [4.78, 5) is 3.74. The van der Waals surface area contributed by atoms with Gasteiger partial charge in [-0.05, 0) is 43.2 Å². The van der Waals surface area contributed by atoms with Crippen LogP contribution in [0.25, 0.3) is 0 Å². The van der Waals surface area contributed by atoms with Crippen LogP contribution in [-0.2, 0) is 9.84 Å². The summed E-state index contributed by atoms with van der Waals surface area (Å²) in [6.07, 6.45) is 1.37. The van der Waals surface area contributed by atoms with Crippen molar-refractivity contribution in [2.75, 3.05) is 5.75 Å². The number of aryl methyl sites for hydroxylation is 1. The van der Waals surface area contributed by atoms with Crippen LogP contribution < -0.4 is 0 Å². The molecule has 0 saturated heterocycles. The quantitative estimate of drug-likeness (QED) is 0.541. The molecule has 142 valence electrons. The van der Waals surface area contributed by atoms with E-state index >= 15 is 0 Å². The fourth-order valence-electron chi connectivity index (χ4n) is 2.50. The number of rotatable bonds is 6. The lowest BCUT2D eigenvalue weighted by atomic mass is 10.0. The van der Waals surface area contributed by atoms with Crippen LogP contribution >= 0.6 is 0 Å². The largest absolute Gasteiger partial charge is 0.264 e. The van der Waals surface area contributed by atoms with Gasteiger partial charge in [0.1, 0.15) is 11.1 Å². The van der Waals surface area contributed by atoms with E-state index in [1.807, 2.05) is 0 Å². The van der Waals surface area contributed by atoms with Crippen molar-refractivity contribution >= 4 is 9.84 Å². The Kier molecular flexibility index (Phi) is 5.70. The maximum atomic E-state index is 14.3. The Morgan fingerprint density at radius 3 is 2.31 bits per heavy atom. The molecule has 1 aromatic carbocycles. The van der Waals surface area contributed by atoms with Crippen LogP contribution in [0, 0.1) is 24.4 Å². The first-order chi connectivity index (χ1) is 11.9. The summed E-state index contributed by atoms with van der Waals surface area (Å²) in [5, 5.41) is -1.99. The molecule has 0 fully saturated rings. The number of hydrogen-bond acceptors (Lipinski definition) is 3. The number of nitrogens with zero attached hydrogens (tertiary/aromatic N) is 1. The van der Waals surface area contributed by atoms with Crippen molar-refractivity contribution in [1.82, 2.24) is 4.98 Å². The summed E-state index contributed by atoms with van der Waals surface area (Å²) in [6, 6.07) is 2.52. The summed E-state index contributed by atoms with van der Waals surface area (Å²) < 4.78 is 93.9. The van der Waals surface area contributed by atoms with Crippen LogP contribution in [-0.4, -0.2) is 25.1 Å². The second-order valence-electron chi connectivity index (χ2n) is 6.06. The van der Waals surface area contributed by atoms with Crippen molar-refractivity contribution < 1.29 is 30.4 Å². The van der Waals surface area contributed by atoms with Gasteiger partial charge in [-0.15, -0.1) is 0 Å². The Hall–Kier alpha value is -2.03. The normalized spacial score (nSPS) is 13.7. The Morgan fingerprint density at radius 1 is 1.12 bits per heavy atom. The molecule has 0 saturated carbocycles. The van der Waals surface area contributed by atoms with Crippen molar-refractivity contribution in [3.8, 4) is 0 Å². The molecule has 0 aliphatic carbocycles. The smallest absolute Gasteiger partial charge is 0.246 e. The molecule has 0 radical (unpaired) electrons. The first kappa shape index (κ1) is 20.3. The van der Waals surface area contributed by atoms with Crippen molar-refractivity contribution in [2.24, 2.45) is 0 Å². The minimum absolute atomic E-state index is 0.102. The summed E-state index contributed by atoms with van der Waals surface area (Å²) in [5.41, 5.74) is -0.823. The topological polar surface area (TPSA) is 47.0 Å². The average molecular weight is 393 g/mol. The number of sulfone groups is 1. The SMILES string of the molecule is Cc1ccncc1C(c1c(F)ccc(F)c1F)S(=O)(=O)CCC(C)(F)F. The Bertz CT molecular complexity index is 910. The maximum Gasteiger partial charge on any atom is 0.246 e. The van der Waals surface area contributed by atoms with E-state index in [0.29, 0.717) is 24.6 Å². The molecule has 26 heavy (non-hydrogen) atoms. The highest BCUT2D eigenvalue weighted by molar-refractivity contribution is 7.91. The number of benzene rings is 1. The summed E-state index contributed by atoms with van der Waals surface area (Å²) in [7, 11) is -4.51. The second kappa shape index (κ2) is 7.30. The second-order valence-corrected chi connectivity index (χ2v) is 8.26. The molecule has 1 aromatic heterocycles. The van der Waals surface area contributed by atoms with Gasteiger partial charge in [0.15, 0.2) is 21.5 Å². The monoisotopic (exact) mass is 393 g/mol. The van der Waals surface area contributed by atoms with Crippen molar-refractivity contribution in [3.63, 3.8) is 0 Å². The van der Waals surface area contributed by atoms with Crippen LogP contribution in [0.5, 0.6) is 0 Å². The van der Waals surface area contributed by atoms with Crippen LogP contribution in [0.4, 0.5) is 22.0 Å². The minimum atomic E-state index is -4.51. The molecule has 9 heteroatoms. The van der Waals surface area contributed by atoms with Crippen LogP contribution in [0.3, 0.4) is 0 Å². The molecule has 0 amide bonds. The molecule has 1 heterocycles. The van der Waals surface area contributed by atoms with E-state index in [0.717, 1.165) is 6.20 Å². The highest BCUT2D eigenvalue weighted by atomic mass is 32.2. The molecule has 3 nitrogen and oxygen atoms in total. The van der Waals surface area contributed by atoms with Crippen molar-refractivity contribution in [3.05, 3.63) is 64.7 Å². The highest BCUT2D eigenvalue weighted by Gasteiger charge is 2.37. The number of pyridine rings is 1. The molecule has 1 unspecified atom stereocenters. The molecule has 0 bridgehead atoms. The third kappa shape index (κ3) is 4.38. The third-order valence-corrected chi connectivity index (χ3v) is 5.87. The Labute approximate surface area is 147 Å². The van der Waals surface area contributed by atoms with E-state index in [9.17, 15) is 30.4 Å². The Morgan fingerprint density at radius 2 is 1.73 bits per heavy atom. The zero-order valence-corrected chi connectivity index (χ0v) is 14.8. The number of hydrogen-bond donors (Lipinski definition) is 0. The standard InChI is InChI=1S/C17H16F5NO2S/c1-10-5-7-23-9-11(10)16(26(24,25)8-6-17(2,21)22)14-12(18)3-4-13(19)15(14)20/h3-5,7,9,16H,6,8H2,1-2H3. The van der Waals surface area contributed by atoms with Gasteiger partial charge in [-0.1, -0.05) is 0 Å². The molecule has 0 aliphatic heterocycles. The molecule has 0 spiro atoms. The molecular weight excluding hydrogens is 377 g/mol. The van der Waals surface area contributed by atoms with Gasteiger partial charge in [-0.3, -0.25) is 4.98 Å². The number of halogens is 5. The van der Waals surface area contributed by atoms with Gasteiger partial charge < -0.3 is 0 Å². The van der Waals surface area contributed by atoms with E-state index < -0.39 is 56.2 Å². The van der Waals surface area contributed by atoms with Gasteiger partial charge in [0.25, 0.3) is 0 Å². The molecule has 1 atom stereocenters. The van der Waals surface area contributed by atoms with Crippen LogP contribution in [0.2, 0.25) is 0 Å². The van der Waals surface area contributed by atoms with Gasteiger partial charge in [-0.2, -0.15) is 0 Å². The minimum Gasteiger partial charge on any atom is -0.264 e. The third-order valence-electron chi connectivity index (χ3n) is 3.89. The van der Waals surface area contributed by atoms with Crippen molar-refractivity contribution in [1.29, 1.82) is 0 Å². The number of aromatic nitrogens is 1. The van der Waals surface area contributed by atoms with Crippen molar-refractivity contribution in [2.45, 2.75) is 31.4 Å². The lowest BCUT2D eigenvalue weighted by Crippen LogP contribution is -2.25. The van der Waals surface area contributed by atoms with E-state index in [4.69, 9.17) is 0 Å². The highest BCUT2D eigenvalue weighted by Crippen LogP contribution is 2.37. The molecular formula is C17H16F5NO2S. The molecule has 0 N–H and O–H groups in total. The first-order valence-corrected chi connectivity index (χ1v) is 9.29. The Balaban J connectivity index is 2.70. The van der Waals surface area contributed by atoms with Gasteiger partial charge in [0, 0.05) is 24.4 Å². The van der Waals surface area contributed by atoms with Gasteiger partial charge in [-0.25, -0.2) is 30.4 Å². The summed E-state index contributed by atoms with van der Waals surface area (Å²) in [6.45, 7) is 2.01. The van der Waals surface area contributed by atoms with E-state index in [1.165, 1.54) is 19.2 Å². The maximum absolute atomic E-state index is 14.3. The van der Waals surface area contributed by atoms with Crippen LogP contribution in [0.15, 0.2) is 30.6 Å². The van der Waals surface area contributed by atoms with Gasteiger partial charge in [0.2, 0.25) is 5.92 Å². The van der Waals surface area contributed by atoms with Gasteiger partial charge >= 0.3 is 0 Å². The van der Waals surface area contributed by atoms with E-state index in [2.05, 4.69) is 4.98 Å². The lowest BCUT2D eigenvalue weighted by molar-refractivity contribution is 0.0189. The zero-order valence-electron chi connectivity index (χ0n) is 13.9.